The summed E-state index contributed by atoms with van der Waals surface area (Å²) in [6.45, 7) is 0.539. The highest BCUT2D eigenvalue weighted by molar-refractivity contribution is 8.00. The molecule has 4 nitrogen and oxygen atoms in total. The van der Waals surface area contributed by atoms with Crippen LogP contribution in [-0.4, -0.2) is 45.3 Å². The van der Waals surface area contributed by atoms with E-state index in [1.54, 1.807) is 18.3 Å². The maximum atomic E-state index is 13.0. The Labute approximate surface area is 163 Å². The van der Waals surface area contributed by atoms with Crippen LogP contribution in [-0.2, 0) is 17.6 Å². The van der Waals surface area contributed by atoms with Gasteiger partial charge in [-0.15, -0.1) is 11.3 Å². The molecule has 0 saturated heterocycles. The molecule has 0 aliphatic heterocycles. The van der Waals surface area contributed by atoms with E-state index in [1.807, 2.05) is 0 Å². The van der Waals surface area contributed by atoms with E-state index in [1.165, 1.54) is 28.5 Å². The maximum absolute atomic E-state index is 13.0. The van der Waals surface area contributed by atoms with Gasteiger partial charge in [-0.2, -0.15) is 13.2 Å². The summed E-state index contributed by atoms with van der Waals surface area (Å²) in [4.78, 5) is 24.5. The number of rotatable bonds is 6. The van der Waals surface area contributed by atoms with E-state index in [9.17, 15) is 18.0 Å². The summed E-state index contributed by atoms with van der Waals surface area (Å²) in [6.07, 6.45) is 1.99. The fraction of sp³-hybridized carbons (Fsp3) is 0.611. The number of thiophene rings is 1. The first-order valence-corrected chi connectivity index (χ1v) is 10.9. The lowest BCUT2D eigenvalue weighted by molar-refractivity contribution is -0.164. The molecule has 2 aliphatic carbocycles. The van der Waals surface area contributed by atoms with Gasteiger partial charge in [0.1, 0.15) is 22.7 Å². The zero-order valence-electron chi connectivity index (χ0n) is 14.9. The molecule has 0 bridgehead atoms. The Morgan fingerprint density at radius 1 is 1.37 bits per heavy atom. The number of halogens is 3. The van der Waals surface area contributed by atoms with Crippen LogP contribution in [0.2, 0.25) is 0 Å². The van der Waals surface area contributed by atoms with E-state index in [-0.39, 0.29) is 17.7 Å². The van der Waals surface area contributed by atoms with Crippen LogP contribution < -0.4 is 0 Å². The third kappa shape index (κ3) is 4.08. The van der Waals surface area contributed by atoms with Crippen molar-refractivity contribution in [1.82, 2.24) is 14.9 Å². The summed E-state index contributed by atoms with van der Waals surface area (Å²) in [5.74, 6) is -0.327. The third-order valence-corrected chi connectivity index (χ3v) is 7.44. The fourth-order valence-electron chi connectivity index (χ4n) is 3.71. The van der Waals surface area contributed by atoms with E-state index in [0.717, 1.165) is 47.2 Å². The first-order valence-electron chi connectivity index (χ1n) is 9.08. The average molecular weight is 416 g/mol. The van der Waals surface area contributed by atoms with Crippen molar-refractivity contribution in [3.05, 3.63) is 16.8 Å². The maximum Gasteiger partial charge on any atom is 0.406 e. The molecule has 1 amide bonds. The molecule has 0 unspecified atom stereocenters. The SMILES string of the molecule is C[C@H](C1CC1)N(CC(F)(F)F)C(=O)CSc1ncnc2sc3c(c12)CCC3. The van der Waals surface area contributed by atoms with Crippen LogP contribution in [0.25, 0.3) is 10.2 Å². The number of hydrogen-bond donors (Lipinski definition) is 0. The fourth-order valence-corrected chi connectivity index (χ4v) is 5.91. The number of carbonyl (C=O) groups is 1. The lowest BCUT2D eigenvalue weighted by Crippen LogP contribution is -2.46. The van der Waals surface area contributed by atoms with Gasteiger partial charge in [-0.1, -0.05) is 11.8 Å². The van der Waals surface area contributed by atoms with Gasteiger partial charge in [0.15, 0.2) is 0 Å². The average Bonchev–Trinajstić information content (AvgIpc) is 3.25. The molecule has 27 heavy (non-hydrogen) atoms. The van der Waals surface area contributed by atoms with Gasteiger partial charge in [-0.3, -0.25) is 4.79 Å². The van der Waals surface area contributed by atoms with E-state index >= 15 is 0 Å². The highest BCUT2D eigenvalue weighted by atomic mass is 32.2. The quantitative estimate of drug-likeness (QED) is 0.516. The molecule has 2 heterocycles. The second-order valence-electron chi connectivity index (χ2n) is 7.22. The normalized spacial score (nSPS) is 17.9. The molecule has 0 radical (unpaired) electrons. The van der Waals surface area contributed by atoms with Crippen molar-refractivity contribution in [3.63, 3.8) is 0 Å². The Kier molecular flexibility index (Phi) is 5.09. The molecular weight excluding hydrogens is 395 g/mol. The number of fused-ring (bicyclic) bond motifs is 3. The molecule has 2 aliphatic rings. The highest BCUT2D eigenvalue weighted by Gasteiger charge is 2.40. The van der Waals surface area contributed by atoms with E-state index in [4.69, 9.17) is 0 Å². The molecule has 1 saturated carbocycles. The van der Waals surface area contributed by atoms with Crippen LogP contribution in [0.4, 0.5) is 13.2 Å². The monoisotopic (exact) mass is 415 g/mol. The van der Waals surface area contributed by atoms with Gasteiger partial charge in [0, 0.05) is 16.3 Å². The van der Waals surface area contributed by atoms with E-state index < -0.39 is 18.6 Å². The van der Waals surface area contributed by atoms with Crippen molar-refractivity contribution in [2.75, 3.05) is 12.3 Å². The van der Waals surface area contributed by atoms with Gasteiger partial charge < -0.3 is 4.90 Å². The van der Waals surface area contributed by atoms with E-state index in [2.05, 4.69) is 9.97 Å². The van der Waals surface area contributed by atoms with Gasteiger partial charge in [-0.25, -0.2) is 9.97 Å². The topological polar surface area (TPSA) is 46.1 Å². The molecule has 1 fully saturated rings. The predicted molar refractivity (Wildman–Crippen MR) is 100 cm³/mol. The number of carbonyl (C=O) groups excluding carboxylic acids is 1. The van der Waals surface area contributed by atoms with Crippen LogP contribution in [0.3, 0.4) is 0 Å². The zero-order chi connectivity index (χ0) is 19.2. The molecule has 0 aromatic carbocycles. The Hall–Kier alpha value is -1.35. The first kappa shape index (κ1) is 19.0. The molecule has 2 aromatic heterocycles. The zero-order valence-corrected chi connectivity index (χ0v) is 16.5. The van der Waals surface area contributed by atoms with Crippen LogP contribution >= 0.6 is 23.1 Å². The summed E-state index contributed by atoms with van der Waals surface area (Å²) in [5.41, 5.74) is 1.25. The molecule has 1 atom stereocenters. The summed E-state index contributed by atoms with van der Waals surface area (Å²) in [5, 5.41) is 1.70. The molecule has 0 spiro atoms. The minimum atomic E-state index is -4.39. The molecule has 0 N–H and O–H groups in total. The minimum Gasteiger partial charge on any atom is -0.330 e. The Balaban J connectivity index is 1.51. The number of nitrogens with zero attached hydrogens (tertiary/aromatic N) is 3. The number of aryl methyl sites for hydroxylation is 2. The number of hydrogen-bond acceptors (Lipinski definition) is 5. The number of thioether (sulfide) groups is 1. The van der Waals surface area contributed by atoms with Gasteiger partial charge in [0.05, 0.1) is 5.75 Å². The van der Waals surface area contributed by atoms with Gasteiger partial charge in [-0.05, 0) is 50.5 Å². The second kappa shape index (κ2) is 7.24. The largest absolute Gasteiger partial charge is 0.406 e. The van der Waals surface area contributed by atoms with Crippen molar-refractivity contribution in [2.24, 2.45) is 5.92 Å². The second-order valence-corrected chi connectivity index (χ2v) is 9.27. The number of amides is 1. The Bertz CT molecular complexity index is 863. The van der Waals surface area contributed by atoms with Crippen LogP contribution in [0.5, 0.6) is 0 Å². The van der Waals surface area contributed by atoms with Crippen LogP contribution in [0.1, 0.15) is 36.6 Å². The summed E-state index contributed by atoms with van der Waals surface area (Å²) < 4.78 is 38.9. The van der Waals surface area contributed by atoms with Crippen molar-refractivity contribution in [2.45, 2.75) is 56.3 Å². The summed E-state index contributed by atoms with van der Waals surface area (Å²) >= 11 is 2.89. The lowest BCUT2D eigenvalue weighted by atomic mass is 10.2. The predicted octanol–water partition coefficient (Wildman–Crippen LogP) is 4.46. The van der Waals surface area contributed by atoms with Crippen molar-refractivity contribution < 1.29 is 18.0 Å². The molecule has 4 rings (SSSR count). The van der Waals surface area contributed by atoms with Crippen molar-refractivity contribution >= 4 is 39.2 Å². The highest BCUT2D eigenvalue weighted by Crippen LogP contribution is 2.40. The smallest absolute Gasteiger partial charge is 0.330 e. The minimum absolute atomic E-state index is 0.0378. The number of alkyl halides is 3. The van der Waals surface area contributed by atoms with Crippen LogP contribution in [0, 0.1) is 5.92 Å². The lowest BCUT2D eigenvalue weighted by Gasteiger charge is -2.30. The van der Waals surface area contributed by atoms with Crippen molar-refractivity contribution in [1.29, 1.82) is 0 Å². The molecular formula is C18H20F3N3OS2. The van der Waals surface area contributed by atoms with Gasteiger partial charge in [0.25, 0.3) is 0 Å². The molecule has 146 valence electrons. The Morgan fingerprint density at radius 3 is 2.85 bits per heavy atom. The van der Waals surface area contributed by atoms with Gasteiger partial charge in [0.2, 0.25) is 5.91 Å². The van der Waals surface area contributed by atoms with Crippen LogP contribution in [0.15, 0.2) is 11.4 Å². The standard InChI is InChI=1S/C18H20F3N3OS2/c1-10(11-5-6-11)24(8-18(19,20)21)14(25)7-26-16-15-12-3-2-4-13(12)27-17(15)23-9-22-16/h9-11H,2-8H2,1H3/t10-/m1/s1. The summed E-state index contributed by atoms with van der Waals surface area (Å²) in [7, 11) is 0. The first-order chi connectivity index (χ1) is 12.8. The third-order valence-electron chi connectivity index (χ3n) is 5.26. The summed E-state index contributed by atoms with van der Waals surface area (Å²) in [6, 6.07) is -0.379. The van der Waals surface area contributed by atoms with E-state index in [0.29, 0.717) is 5.03 Å². The molecule has 2 aromatic rings. The van der Waals surface area contributed by atoms with Crippen molar-refractivity contribution in [3.8, 4) is 0 Å². The number of aromatic nitrogens is 2. The molecule has 9 heteroatoms. The van der Waals surface area contributed by atoms with Gasteiger partial charge >= 0.3 is 6.18 Å². The Morgan fingerprint density at radius 2 is 2.15 bits per heavy atom.